The van der Waals surface area contributed by atoms with Gasteiger partial charge in [0.1, 0.15) is 0 Å². The third-order valence-corrected chi connectivity index (χ3v) is 2.65. The minimum Gasteiger partial charge on any atom is -0.344 e. The molecular weight excluding hydrogens is 208 g/mol. The van der Waals surface area contributed by atoms with Crippen molar-refractivity contribution < 1.29 is 8.78 Å². The van der Waals surface area contributed by atoms with Gasteiger partial charge in [-0.2, -0.15) is 0 Å². The summed E-state index contributed by atoms with van der Waals surface area (Å²) in [7, 11) is 0. The second-order valence-electron chi connectivity index (χ2n) is 3.52. The van der Waals surface area contributed by atoms with Gasteiger partial charge >= 0.3 is 0 Å². The molecule has 0 amide bonds. The van der Waals surface area contributed by atoms with E-state index in [0.29, 0.717) is 5.02 Å². The summed E-state index contributed by atoms with van der Waals surface area (Å²) >= 11 is 5.75. The number of hydrogen-bond acceptors (Lipinski definition) is 1. The monoisotopic (exact) mass is 219 g/mol. The van der Waals surface area contributed by atoms with Gasteiger partial charge in [-0.1, -0.05) is 23.7 Å². The molecule has 0 saturated heterocycles. The van der Waals surface area contributed by atoms with Crippen molar-refractivity contribution in [1.29, 1.82) is 0 Å². The fourth-order valence-electron chi connectivity index (χ4n) is 1.66. The van der Waals surface area contributed by atoms with E-state index in [2.05, 4.69) is 0 Å². The van der Waals surface area contributed by atoms with Gasteiger partial charge in [-0.3, -0.25) is 0 Å². The minimum absolute atomic E-state index is 0. The van der Waals surface area contributed by atoms with Gasteiger partial charge in [-0.05, 0) is 23.6 Å². The Morgan fingerprint density at radius 2 is 1.93 bits per heavy atom. The Hall–Kier alpha value is -0.670. The predicted octanol–water partition coefficient (Wildman–Crippen LogP) is 4.01. The molecule has 0 radical (unpaired) electrons. The molecule has 1 aromatic rings. The number of alkyl halides is 2. The number of rotatable bonds is 1. The Kier molecular flexibility index (Phi) is 3.12. The summed E-state index contributed by atoms with van der Waals surface area (Å²) in [5.74, 6) is -2.46. The van der Waals surface area contributed by atoms with Gasteiger partial charge in [0.15, 0.2) is 0 Å². The molecule has 1 saturated carbocycles. The van der Waals surface area contributed by atoms with Crippen LogP contribution in [0.25, 0.3) is 0 Å². The van der Waals surface area contributed by atoms with E-state index < -0.39 is 5.92 Å². The van der Waals surface area contributed by atoms with Gasteiger partial charge in [-0.25, -0.2) is 8.78 Å². The fraction of sp³-hybridized carbons (Fsp3) is 0.400. The first-order chi connectivity index (χ1) is 6.07. The lowest BCUT2D eigenvalue weighted by atomic mass is 9.77. The van der Waals surface area contributed by atoms with Crippen molar-refractivity contribution in [1.82, 2.24) is 6.15 Å². The lowest BCUT2D eigenvalue weighted by Gasteiger charge is -2.35. The van der Waals surface area contributed by atoms with E-state index >= 15 is 0 Å². The highest BCUT2D eigenvalue weighted by Gasteiger charge is 2.45. The molecular formula is C10H12ClF2N. The molecule has 0 unspecified atom stereocenters. The molecule has 0 aromatic heterocycles. The standard InChI is InChI=1S/C10H9ClF2.H3N/c11-9-3-1-2-7(4-9)8-5-10(12,13)6-8;/h1-4,8H,5-6H2;1H3. The van der Waals surface area contributed by atoms with Gasteiger partial charge in [0.05, 0.1) is 0 Å². The van der Waals surface area contributed by atoms with Crippen LogP contribution >= 0.6 is 11.6 Å². The summed E-state index contributed by atoms with van der Waals surface area (Å²) < 4.78 is 25.1. The van der Waals surface area contributed by atoms with Gasteiger partial charge in [-0.15, -0.1) is 0 Å². The number of benzene rings is 1. The van der Waals surface area contributed by atoms with Crippen LogP contribution < -0.4 is 6.15 Å². The van der Waals surface area contributed by atoms with Crippen molar-refractivity contribution in [2.75, 3.05) is 0 Å². The lowest BCUT2D eigenvalue weighted by Crippen LogP contribution is -2.33. The summed E-state index contributed by atoms with van der Waals surface area (Å²) in [5, 5.41) is 0.618. The van der Waals surface area contributed by atoms with Crippen molar-refractivity contribution in [3.05, 3.63) is 34.9 Å². The van der Waals surface area contributed by atoms with Crippen LogP contribution in [-0.4, -0.2) is 5.92 Å². The van der Waals surface area contributed by atoms with Gasteiger partial charge < -0.3 is 6.15 Å². The normalized spacial score (nSPS) is 19.6. The van der Waals surface area contributed by atoms with Gasteiger partial charge in [0.2, 0.25) is 5.92 Å². The maximum absolute atomic E-state index is 12.5. The third kappa shape index (κ3) is 2.22. The first kappa shape index (κ1) is 11.4. The Labute approximate surface area is 86.7 Å². The molecule has 0 aliphatic heterocycles. The van der Waals surface area contributed by atoms with Crippen LogP contribution in [0.2, 0.25) is 5.02 Å². The molecule has 2 rings (SSSR count). The second kappa shape index (κ2) is 3.83. The Balaban J connectivity index is 0.000000980. The highest BCUT2D eigenvalue weighted by molar-refractivity contribution is 6.30. The van der Waals surface area contributed by atoms with Crippen molar-refractivity contribution in [3.63, 3.8) is 0 Å². The highest BCUT2D eigenvalue weighted by Crippen LogP contribution is 2.48. The van der Waals surface area contributed by atoms with E-state index in [1.54, 1.807) is 18.2 Å². The molecule has 0 spiro atoms. The van der Waals surface area contributed by atoms with Crippen LogP contribution in [0.1, 0.15) is 24.3 Å². The summed E-state index contributed by atoms with van der Waals surface area (Å²) in [6.45, 7) is 0. The molecule has 78 valence electrons. The maximum Gasteiger partial charge on any atom is 0.249 e. The first-order valence-corrected chi connectivity index (χ1v) is 4.58. The van der Waals surface area contributed by atoms with Crippen LogP contribution in [0.4, 0.5) is 8.78 Å². The molecule has 1 aliphatic rings. The predicted molar refractivity (Wildman–Crippen MR) is 53.4 cm³/mol. The third-order valence-electron chi connectivity index (χ3n) is 2.41. The molecule has 1 fully saturated rings. The molecule has 1 aromatic carbocycles. The summed E-state index contributed by atoms with van der Waals surface area (Å²) in [4.78, 5) is 0. The highest BCUT2D eigenvalue weighted by atomic mass is 35.5. The number of hydrogen-bond donors (Lipinski definition) is 1. The quantitative estimate of drug-likeness (QED) is 0.761. The first-order valence-electron chi connectivity index (χ1n) is 4.20. The fourth-order valence-corrected chi connectivity index (χ4v) is 1.86. The molecule has 0 heterocycles. The van der Waals surface area contributed by atoms with Gasteiger partial charge in [0.25, 0.3) is 0 Å². The van der Waals surface area contributed by atoms with E-state index in [-0.39, 0.29) is 24.9 Å². The van der Waals surface area contributed by atoms with E-state index in [9.17, 15) is 8.78 Å². The molecule has 0 atom stereocenters. The molecule has 14 heavy (non-hydrogen) atoms. The Morgan fingerprint density at radius 1 is 1.29 bits per heavy atom. The number of halogens is 3. The van der Waals surface area contributed by atoms with Crippen LogP contribution in [0.5, 0.6) is 0 Å². The topological polar surface area (TPSA) is 35.0 Å². The maximum atomic E-state index is 12.5. The zero-order valence-electron chi connectivity index (χ0n) is 7.64. The van der Waals surface area contributed by atoms with E-state index in [1.807, 2.05) is 6.07 Å². The van der Waals surface area contributed by atoms with Crippen LogP contribution in [-0.2, 0) is 0 Å². The van der Waals surface area contributed by atoms with Crippen LogP contribution in [0.3, 0.4) is 0 Å². The molecule has 0 bridgehead atoms. The minimum atomic E-state index is -2.45. The average Bonchev–Trinajstić information content (AvgIpc) is 2.00. The van der Waals surface area contributed by atoms with Crippen molar-refractivity contribution in [3.8, 4) is 0 Å². The Bertz CT molecular complexity index is 320. The molecule has 1 nitrogen and oxygen atoms in total. The lowest BCUT2D eigenvalue weighted by molar-refractivity contribution is -0.0867. The summed E-state index contributed by atoms with van der Waals surface area (Å²) in [6.07, 6.45) is -0.0688. The van der Waals surface area contributed by atoms with Crippen molar-refractivity contribution in [2.45, 2.75) is 24.7 Å². The SMILES string of the molecule is FC1(F)CC(c2cccc(Cl)c2)C1.N. The second-order valence-corrected chi connectivity index (χ2v) is 3.95. The average molecular weight is 220 g/mol. The van der Waals surface area contributed by atoms with Crippen LogP contribution in [0, 0.1) is 0 Å². The molecule has 4 heteroatoms. The summed E-state index contributed by atoms with van der Waals surface area (Å²) in [6, 6.07) is 7.17. The molecule has 3 N–H and O–H groups in total. The zero-order valence-corrected chi connectivity index (χ0v) is 8.40. The van der Waals surface area contributed by atoms with E-state index in [1.165, 1.54) is 0 Å². The van der Waals surface area contributed by atoms with Gasteiger partial charge in [0, 0.05) is 17.9 Å². The summed E-state index contributed by atoms with van der Waals surface area (Å²) in [5.41, 5.74) is 0.929. The Morgan fingerprint density at radius 3 is 2.43 bits per heavy atom. The van der Waals surface area contributed by atoms with Crippen molar-refractivity contribution >= 4 is 11.6 Å². The van der Waals surface area contributed by atoms with E-state index in [4.69, 9.17) is 11.6 Å². The molecule has 1 aliphatic carbocycles. The largest absolute Gasteiger partial charge is 0.344 e. The smallest absolute Gasteiger partial charge is 0.249 e. The van der Waals surface area contributed by atoms with Crippen molar-refractivity contribution in [2.24, 2.45) is 0 Å². The van der Waals surface area contributed by atoms with E-state index in [0.717, 1.165) is 5.56 Å². The van der Waals surface area contributed by atoms with Crippen LogP contribution in [0.15, 0.2) is 24.3 Å². The zero-order chi connectivity index (χ0) is 9.47.